The van der Waals surface area contributed by atoms with Crippen molar-refractivity contribution in [2.75, 3.05) is 18.9 Å². The fourth-order valence-electron chi connectivity index (χ4n) is 1.12. The summed E-state index contributed by atoms with van der Waals surface area (Å²) in [5, 5.41) is 20.4. The second-order valence-corrected chi connectivity index (χ2v) is 3.76. The van der Waals surface area contributed by atoms with Crippen molar-refractivity contribution in [3.63, 3.8) is 0 Å². The van der Waals surface area contributed by atoms with Gasteiger partial charge in [0.1, 0.15) is 0 Å². The van der Waals surface area contributed by atoms with Gasteiger partial charge < -0.3 is 21.3 Å². The molecule has 0 heterocycles. The van der Waals surface area contributed by atoms with Crippen LogP contribution < -0.4 is 11.1 Å². The molecule has 1 atom stereocenters. The van der Waals surface area contributed by atoms with E-state index in [1.807, 2.05) is 0 Å². The molecular formula is C10H13ClN2O3. The first kappa shape index (κ1) is 12.8. The minimum atomic E-state index is -0.972. The van der Waals surface area contributed by atoms with Gasteiger partial charge in [-0.1, -0.05) is 11.6 Å². The normalized spacial score (nSPS) is 12.2. The number of aliphatic hydroxyl groups is 2. The van der Waals surface area contributed by atoms with E-state index in [1.54, 1.807) is 0 Å². The Morgan fingerprint density at radius 2 is 2.19 bits per heavy atom. The number of anilines is 1. The topological polar surface area (TPSA) is 95.6 Å². The van der Waals surface area contributed by atoms with E-state index < -0.39 is 18.6 Å². The maximum absolute atomic E-state index is 11.6. The van der Waals surface area contributed by atoms with Gasteiger partial charge in [-0.2, -0.15) is 0 Å². The molecule has 0 aromatic heterocycles. The molecule has 1 amide bonds. The fourth-order valence-corrected chi connectivity index (χ4v) is 1.36. The van der Waals surface area contributed by atoms with Crippen molar-refractivity contribution in [3.8, 4) is 0 Å². The average molecular weight is 245 g/mol. The van der Waals surface area contributed by atoms with E-state index in [-0.39, 0.29) is 6.54 Å². The smallest absolute Gasteiger partial charge is 0.251 e. The Labute approximate surface area is 97.8 Å². The summed E-state index contributed by atoms with van der Waals surface area (Å²) in [5.74, 6) is -0.401. The van der Waals surface area contributed by atoms with Crippen molar-refractivity contribution < 1.29 is 15.0 Å². The highest BCUT2D eigenvalue weighted by molar-refractivity contribution is 6.31. The van der Waals surface area contributed by atoms with Crippen LogP contribution in [0.15, 0.2) is 18.2 Å². The van der Waals surface area contributed by atoms with Crippen LogP contribution in [0.3, 0.4) is 0 Å². The number of nitrogen functional groups attached to an aromatic ring is 1. The molecule has 1 aromatic rings. The Morgan fingerprint density at radius 1 is 1.50 bits per heavy atom. The van der Waals surface area contributed by atoms with Crippen LogP contribution in [0.2, 0.25) is 5.02 Å². The number of nitrogens with one attached hydrogen (secondary N) is 1. The Bertz CT molecular complexity index is 364. The highest BCUT2D eigenvalue weighted by Gasteiger charge is 2.09. The van der Waals surface area contributed by atoms with Crippen molar-refractivity contribution in [2.24, 2.45) is 0 Å². The van der Waals surface area contributed by atoms with Crippen LogP contribution in [0.5, 0.6) is 0 Å². The van der Waals surface area contributed by atoms with Gasteiger partial charge >= 0.3 is 0 Å². The van der Waals surface area contributed by atoms with Crippen LogP contribution in [0.4, 0.5) is 5.69 Å². The summed E-state index contributed by atoms with van der Waals surface area (Å²) in [7, 11) is 0. The molecule has 88 valence electrons. The van der Waals surface area contributed by atoms with Crippen molar-refractivity contribution in [3.05, 3.63) is 28.8 Å². The zero-order valence-electron chi connectivity index (χ0n) is 8.48. The first-order chi connectivity index (χ1) is 7.52. The van der Waals surface area contributed by atoms with Gasteiger partial charge in [-0.05, 0) is 18.2 Å². The van der Waals surface area contributed by atoms with Gasteiger partial charge in [0.25, 0.3) is 5.91 Å². The van der Waals surface area contributed by atoms with Gasteiger partial charge in [0, 0.05) is 22.8 Å². The quantitative estimate of drug-likeness (QED) is 0.561. The second-order valence-electron chi connectivity index (χ2n) is 3.32. The Balaban J connectivity index is 2.66. The van der Waals surface area contributed by atoms with Crippen molar-refractivity contribution in [1.29, 1.82) is 0 Å². The Hall–Kier alpha value is -1.30. The van der Waals surface area contributed by atoms with Crippen LogP contribution in [0.1, 0.15) is 10.4 Å². The van der Waals surface area contributed by atoms with Gasteiger partial charge in [-0.3, -0.25) is 4.79 Å². The average Bonchev–Trinajstić information content (AvgIpc) is 2.23. The van der Waals surface area contributed by atoms with E-state index in [0.29, 0.717) is 16.3 Å². The first-order valence-electron chi connectivity index (χ1n) is 4.66. The van der Waals surface area contributed by atoms with Gasteiger partial charge in [0.15, 0.2) is 0 Å². The monoisotopic (exact) mass is 244 g/mol. The third-order valence-electron chi connectivity index (χ3n) is 1.89. The minimum Gasteiger partial charge on any atom is -0.399 e. The zero-order chi connectivity index (χ0) is 12.1. The molecule has 0 bridgehead atoms. The molecule has 0 spiro atoms. The number of carbonyl (C=O) groups excluding carboxylic acids is 1. The van der Waals surface area contributed by atoms with E-state index in [1.165, 1.54) is 18.2 Å². The van der Waals surface area contributed by atoms with Crippen LogP contribution in [0, 0.1) is 0 Å². The summed E-state index contributed by atoms with van der Waals surface area (Å²) in [6.07, 6.45) is -0.972. The Kier molecular flexibility index (Phi) is 4.54. The van der Waals surface area contributed by atoms with E-state index >= 15 is 0 Å². The van der Waals surface area contributed by atoms with Gasteiger partial charge in [-0.15, -0.1) is 0 Å². The molecule has 0 aliphatic carbocycles. The highest BCUT2D eigenvalue weighted by Crippen LogP contribution is 2.16. The summed E-state index contributed by atoms with van der Waals surface area (Å²) < 4.78 is 0. The SMILES string of the molecule is Nc1cc(Cl)cc(C(=O)NCC(O)CO)c1. The predicted octanol–water partition coefficient (Wildman–Crippen LogP) is 0.00520. The lowest BCUT2D eigenvalue weighted by atomic mass is 10.2. The molecule has 5 nitrogen and oxygen atoms in total. The van der Waals surface area contributed by atoms with Crippen LogP contribution >= 0.6 is 11.6 Å². The molecule has 0 saturated heterocycles. The second kappa shape index (κ2) is 5.69. The third kappa shape index (κ3) is 3.69. The predicted molar refractivity (Wildman–Crippen MR) is 61.3 cm³/mol. The number of nitrogens with two attached hydrogens (primary N) is 1. The van der Waals surface area contributed by atoms with E-state index in [2.05, 4.69) is 5.32 Å². The standard InChI is InChI=1S/C10H13ClN2O3/c11-7-1-6(2-8(12)3-7)10(16)13-4-9(15)5-14/h1-3,9,14-15H,4-5,12H2,(H,13,16). The molecule has 1 rings (SSSR count). The summed E-state index contributed by atoms with van der Waals surface area (Å²) in [6, 6.07) is 4.48. The lowest BCUT2D eigenvalue weighted by Crippen LogP contribution is -2.33. The maximum Gasteiger partial charge on any atom is 0.251 e. The van der Waals surface area contributed by atoms with Gasteiger partial charge in [0.2, 0.25) is 0 Å². The lowest BCUT2D eigenvalue weighted by Gasteiger charge is -2.09. The molecule has 0 radical (unpaired) electrons. The number of halogens is 1. The molecule has 1 unspecified atom stereocenters. The number of rotatable bonds is 4. The number of benzene rings is 1. The molecule has 0 saturated carbocycles. The van der Waals surface area contributed by atoms with E-state index in [9.17, 15) is 4.79 Å². The zero-order valence-corrected chi connectivity index (χ0v) is 9.24. The molecule has 1 aromatic carbocycles. The van der Waals surface area contributed by atoms with Crippen LogP contribution in [-0.4, -0.2) is 35.4 Å². The summed E-state index contributed by atoms with van der Waals surface area (Å²) in [4.78, 5) is 11.6. The van der Waals surface area contributed by atoms with Crippen molar-refractivity contribution in [2.45, 2.75) is 6.10 Å². The third-order valence-corrected chi connectivity index (χ3v) is 2.11. The summed E-state index contributed by atoms with van der Waals surface area (Å²) in [5.41, 5.74) is 6.23. The largest absolute Gasteiger partial charge is 0.399 e. The number of aliphatic hydroxyl groups excluding tert-OH is 2. The molecule has 6 heteroatoms. The lowest BCUT2D eigenvalue weighted by molar-refractivity contribution is 0.0802. The molecule has 5 N–H and O–H groups in total. The van der Waals surface area contributed by atoms with Crippen molar-refractivity contribution >= 4 is 23.2 Å². The fraction of sp³-hybridized carbons (Fsp3) is 0.300. The number of hydrogen-bond donors (Lipinski definition) is 4. The maximum atomic E-state index is 11.6. The van der Waals surface area contributed by atoms with Gasteiger partial charge in [-0.25, -0.2) is 0 Å². The van der Waals surface area contributed by atoms with Crippen LogP contribution in [-0.2, 0) is 0 Å². The molecule has 0 fully saturated rings. The Morgan fingerprint density at radius 3 is 2.75 bits per heavy atom. The van der Waals surface area contributed by atoms with Gasteiger partial charge in [0.05, 0.1) is 12.7 Å². The minimum absolute atomic E-state index is 0.0260. The summed E-state index contributed by atoms with van der Waals surface area (Å²) >= 11 is 5.73. The number of hydrogen-bond acceptors (Lipinski definition) is 4. The van der Waals surface area contributed by atoms with Crippen molar-refractivity contribution in [1.82, 2.24) is 5.32 Å². The van der Waals surface area contributed by atoms with Crippen LogP contribution in [0.25, 0.3) is 0 Å². The summed E-state index contributed by atoms with van der Waals surface area (Å²) in [6.45, 7) is -0.431. The molecule has 0 aliphatic rings. The number of carbonyl (C=O) groups is 1. The highest BCUT2D eigenvalue weighted by atomic mass is 35.5. The van der Waals surface area contributed by atoms with E-state index in [0.717, 1.165) is 0 Å². The number of amides is 1. The molecule has 0 aliphatic heterocycles. The molecular weight excluding hydrogens is 232 g/mol. The molecule has 16 heavy (non-hydrogen) atoms. The first-order valence-corrected chi connectivity index (χ1v) is 5.04. The van der Waals surface area contributed by atoms with E-state index in [4.69, 9.17) is 27.5 Å².